The molecule has 0 saturated heterocycles. The summed E-state index contributed by atoms with van der Waals surface area (Å²) >= 11 is 0. The summed E-state index contributed by atoms with van der Waals surface area (Å²) in [4.78, 5) is 26.7. The van der Waals surface area contributed by atoms with E-state index in [0.717, 1.165) is 0 Å². The monoisotopic (exact) mass is 275 g/mol. The van der Waals surface area contributed by atoms with Crippen LogP contribution in [0.4, 0.5) is 0 Å². The Bertz CT molecular complexity index is 663. The van der Waals surface area contributed by atoms with Crippen LogP contribution in [0.15, 0.2) is 22.7 Å². The van der Waals surface area contributed by atoms with Crippen molar-refractivity contribution < 1.29 is 19.2 Å². The van der Waals surface area contributed by atoms with Gasteiger partial charge in [-0.05, 0) is 26.0 Å². The average molecular weight is 275 g/mol. The molecule has 20 heavy (non-hydrogen) atoms. The summed E-state index contributed by atoms with van der Waals surface area (Å²) in [6, 6.07) is 4.45. The van der Waals surface area contributed by atoms with E-state index in [1.807, 2.05) is 0 Å². The van der Waals surface area contributed by atoms with Crippen molar-refractivity contribution in [3.05, 3.63) is 46.6 Å². The molecule has 0 spiro atoms. The second kappa shape index (κ2) is 5.52. The number of hydrogen-bond donors (Lipinski definition) is 2. The van der Waals surface area contributed by atoms with E-state index in [9.17, 15) is 9.59 Å². The zero-order valence-corrected chi connectivity index (χ0v) is 11.0. The number of pyridine rings is 1. The highest BCUT2D eigenvalue weighted by Gasteiger charge is 2.13. The topological polar surface area (TPSA) is 105 Å². The van der Waals surface area contributed by atoms with E-state index < -0.39 is 11.9 Å². The third kappa shape index (κ3) is 3.00. The normalized spacial score (nSPS) is 10.3. The molecule has 7 nitrogen and oxygen atoms in total. The van der Waals surface area contributed by atoms with Gasteiger partial charge < -0.3 is 14.9 Å². The van der Waals surface area contributed by atoms with E-state index >= 15 is 0 Å². The minimum Gasteiger partial charge on any atom is -0.478 e. The highest BCUT2D eigenvalue weighted by molar-refractivity contribution is 5.94. The summed E-state index contributed by atoms with van der Waals surface area (Å²) in [5.74, 6) is -0.806. The van der Waals surface area contributed by atoms with Gasteiger partial charge in [0.1, 0.15) is 17.1 Å². The van der Waals surface area contributed by atoms with Gasteiger partial charge in [0.2, 0.25) is 0 Å². The van der Waals surface area contributed by atoms with Gasteiger partial charge in [0, 0.05) is 6.07 Å². The molecule has 0 unspecified atom stereocenters. The number of carbonyl (C=O) groups is 2. The molecule has 0 radical (unpaired) electrons. The van der Waals surface area contributed by atoms with Gasteiger partial charge in [0.05, 0.1) is 17.8 Å². The predicted molar refractivity (Wildman–Crippen MR) is 68.3 cm³/mol. The van der Waals surface area contributed by atoms with Crippen molar-refractivity contribution in [1.82, 2.24) is 15.5 Å². The van der Waals surface area contributed by atoms with Crippen molar-refractivity contribution in [3.8, 4) is 0 Å². The van der Waals surface area contributed by atoms with Crippen LogP contribution in [0.3, 0.4) is 0 Å². The first-order valence-electron chi connectivity index (χ1n) is 5.88. The SMILES string of the molecule is Cc1cc(CNC(=O)c2ccc(C(=O)O)c(C)n2)no1. The molecule has 7 heteroatoms. The van der Waals surface area contributed by atoms with Crippen LogP contribution < -0.4 is 5.32 Å². The van der Waals surface area contributed by atoms with Gasteiger partial charge in [-0.25, -0.2) is 9.78 Å². The number of hydrogen-bond acceptors (Lipinski definition) is 5. The number of nitrogens with zero attached hydrogens (tertiary/aromatic N) is 2. The number of nitrogens with one attached hydrogen (secondary N) is 1. The van der Waals surface area contributed by atoms with E-state index in [1.165, 1.54) is 12.1 Å². The standard InChI is InChI=1S/C13H13N3O4/c1-7-5-9(16-20-7)6-14-12(17)11-4-3-10(13(18)19)8(2)15-11/h3-5H,6H2,1-2H3,(H,14,17)(H,18,19). The summed E-state index contributed by atoms with van der Waals surface area (Å²) in [7, 11) is 0. The van der Waals surface area contributed by atoms with E-state index in [4.69, 9.17) is 9.63 Å². The third-order valence-corrected chi connectivity index (χ3v) is 2.66. The number of carboxylic acid groups (broad SMARTS) is 1. The maximum absolute atomic E-state index is 11.9. The van der Waals surface area contributed by atoms with E-state index in [-0.39, 0.29) is 17.8 Å². The second-order valence-electron chi connectivity index (χ2n) is 4.25. The van der Waals surface area contributed by atoms with Gasteiger partial charge >= 0.3 is 5.97 Å². The number of carboxylic acids is 1. The van der Waals surface area contributed by atoms with Crippen LogP contribution in [0, 0.1) is 13.8 Å². The largest absolute Gasteiger partial charge is 0.478 e. The number of amides is 1. The van der Waals surface area contributed by atoms with Gasteiger partial charge in [-0.3, -0.25) is 4.79 Å². The number of aromatic nitrogens is 2. The van der Waals surface area contributed by atoms with Gasteiger partial charge in [-0.1, -0.05) is 5.16 Å². The number of rotatable bonds is 4. The summed E-state index contributed by atoms with van der Waals surface area (Å²) in [6.45, 7) is 3.52. The minimum atomic E-state index is -1.07. The fourth-order valence-electron chi connectivity index (χ4n) is 1.68. The lowest BCUT2D eigenvalue weighted by Crippen LogP contribution is -2.24. The first-order valence-corrected chi connectivity index (χ1v) is 5.88. The Balaban J connectivity index is 2.06. The molecule has 2 heterocycles. The molecule has 0 bridgehead atoms. The molecule has 0 aliphatic carbocycles. The third-order valence-electron chi connectivity index (χ3n) is 2.66. The maximum Gasteiger partial charge on any atom is 0.337 e. The Labute approximate surface area is 114 Å². The molecular weight excluding hydrogens is 262 g/mol. The molecule has 0 fully saturated rings. The zero-order chi connectivity index (χ0) is 14.7. The van der Waals surface area contributed by atoms with Crippen molar-refractivity contribution in [2.45, 2.75) is 20.4 Å². The molecule has 0 aromatic carbocycles. The average Bonchev–Trinajstić information content (AvgIpc) is 2.81. The van der Waals surface area contributed by atoms with Crippen LogP contribution in [0.25, 0.3) is 0 Å². The minimum absolute atomic E-state index is 0.0775. The van der Waals surface area contributed by atoms with Crippen molar-refractivity contribution in [1.29, 1.82) is 0 Å². The molecule has 1 amide bonds. The van der Waals surface area contributed by atoms with Gasteiger partial charge in [-0.2, -0.15) is 0 Å². The Morgan fingerprint density at radius 1 is 1.35 bits per heavy atom. The van der Waals surface area contributed by atoms with Gasteiger partial charge in [0.15, 0.2) is 0 Å². The Morgan fingerprint density at radius 3 is 2.65 bits per heavy atom. The number of aryl methyl sites for hydroxylation is 2. The summed E-state index contributed by atoms with van der Waals surface area (Å²) in [5.41, 5.74) is 1.14. The molecule has 0 atom stereocenters. The predicted octanol–water partition coefficient (Wildman–Crippen LogP) is 1.31. The quantitative estimate of drug-likeness (QED) is 0.871. The van der Waals surface area contributed by atoms with E-state index in [2.05, 4.69) is 15.5 Å². The lowest BCUT2D eigenvalue weighted by atomic mass is 10.2. The summed E-state index contributed by atoms with van der Waals surface area (Å²) in [5, 5.41) is 15.3. The molecule has 0 saturated carbocycles. The van der Waals surface area contributed by atoms with E-state index in [0.29, 0.717) is 17.1 Å². The Kier molecular flexibility index (Phi) is 3.79. The van der Waals surface area contributed by atoms with Crippen LogP contribution in [-0.4, -0.2) is 27.1 Å². The molecule has 0 aliphatic heterocycles. The highest BCUT2D eigenvalue weighted by Crippen LogP contribution is 2.07. The smallest absolute Gasteiger partial charge is 0.337 e. The molecular formula is C13H13N3O4. The number of carbonyl (C=O) groups excluding carboxylic acids is 1. The van der Waals surface area contributed by atoms with Crippen molar-refractivity contribution in [3.63, 3.8) is 0 Å². The molecule has 2 N–H and O–H groups in total. The van der Waals surface area contributed by atoms with Crippen LogP contribution in [0.2, 0.25) is 0 Å². The Hall–Kier alpha value is -2.70. The van der Waals surface area contributed by atoms with Crippen LogP contribution in [-0.2, 0) is 6.54 Å². The number of aromatic carboxylic acids is 1. The highest BCUT2D eigenvalue weighted by atomic mass is 16.5. The van der Waals surface area contributed by atoms with Crippen molar-refractivity contribution >= 4 is 11.9 Å². The maximum atomic E-state index is 11.9. The van der Waals surface area contributed by atoms with Crippen molar-refractivity contribution in [2.75, 3.05) is 0 Å². The molecule has 104 valence electrons. The van der Waals surface area contributed by atoms with E-state index in [1.54, 1.807) is 19.9 Å². The summed E-state index contributed by atoms with van der Waals surface area (Å²) < 4.78 is 4.88. The van der Waals surface area contributed by atoms with Crippen LogP contribution >= 0.6 is 0 Å². The second-order valence-corrected chi connectivity index (χ2v) is 4.25. The van der Waals surface area contributed by atoms with Crippen LogP contribution in [0.1, 0.15) is 38.0 Å². The molecule has 2 aromatic heterocycles. The fraction of sp³-hybridized carbons (Fsp3) is 0.231. The van der Waals surface area contributed by atoms with Crippen molar-refractivity contribution in [2.24, 2.45) is 0 Å². The van der Waals surface area contributed by atoms with Gasteiger partial charge in [0.25, 0.3) is 5.91 Å². The molecule has 2 rings (SSSR count). The fourth-order valence-corrected chi connectivity index (χ4v) is 1.68. The zero-order valence-electron chi connectivity index (χ0n) is 11.0. The van der Waals surface area contributed by atoms with Gasteiger partial charge in [-0.15, -0.1) is 0 Å². The lowest BCUT2D eigenvalue weighted by molar-refractivity contribution is 0.0694. The molecule has 0 aliphatic rings. The summed E-state index contributed by atoms with van der Waals surface area (Å²) in [6.07, 6.45) is 0. The molecule has 2 aromatic rings. The lowest BCUT2D eigenvalue weighted by Gasteiger charge is -2.05. The first-order chi connectivity index (χ1) is 9.47. The first kappa shape index (κ1) is 13.7. The van der Waals surface area contributed by atoms with Crippen LogP contribution in [0.5, 0.6) is 0 Å². The Morgan fingerprint density at radius 2 is 2.10 bits per heavy atom.